The van der Waals surface area contributed by atoms with E-state index < -0.39 is 6.17 Å². The second-order valence-electron chi connectivity index (χ2n) is 4.11. The Kier molecular flexibility index (Phi) is 3.73. The Bertz CT molecular complexity index is 174. The standard InChI is InChI=1S/C10H19FN2O/c11-9-1-2-10(9)12-3-4-13-5-7-14-8-6-13/h9-10,12H,1-8H2. The average molecular weight is 202 g/mol. The van der Waals surface area contributed by atoms with Gasteiger partial charge in [0.25, 0.3) is 0 Å². The zero-order chi connectivity index (χ0) is 9.80. The highest BCUT2D eigenvalue weighted by atomic mass is 19.1. The fourth-order valence-electron chi connectivity index (χ4n) is 1.92. The molecular formula is C10H19FN2O. The topological polar surface area (TPSA) is 24.5 Å². The smallest absolute Gasteiger partial charge is 0.115 e. The third-order valence-electron chi connectivity index (χ3n) is 3.13. The maximum Gasteiger partial charge on any atom is 0.115 e. The second-order valence-corrected chi connectivity index (χ2v) is 4.11. The van der Waals surface area contributed by atoms with E-state index >= 15 is 0 Å². The summed E-state index contributed by atoms with van der Waals surface area (Å²) in [4.78, 5) is 2.36. The molecule has 1 saturated heterocycles. The summed E-state index contributed by atoms with van der Waals surface area (Å²) in [6.45, 7) is 5.65. The maximum atomic E-state index is 12.9. The van der Waals surface area contributed by atoms with Crippen LogP contribution in [0.2, 0.25) is 0 Å². The maximum absolute atomic E-state index is 12.9. The van der Waals surface area contributed by atoms with Crippen LogP contribution in [0, 0.1) is 0 Å². The van der Waals surface area contributed by atoms with Gasteiger partial charge in [-0.3, -0.25) is 4.90 Å². The molecule has 0 spiro atoms. The normalized spacial score (nSPS) is 34.1. The SMILES string of the molecule is FC1CCC1NCCN1CCOCC1. The first kappa shape index (κ1) is 10.3. The molecule has 14 heavy (non-hydrogen) atoms. The number of alkyl halides is 1. The van der Waals surface area contributed by atoms with Gasteiger partial charge in [-0.25, -0.2) is 4.39 Å². The first-order chi connectivity index (χ1) is 6.86. The van der Waals surface area contributed by atoms with Crippen molar-refractivity contribution in [3.63, 3.8) is 0 Å². The average Bonchev–Trinajstić information content (AvgIpc) is 2.24. The third-order valence-corrected chi connectivity index (χ3v) is 3.13. The molecule has 0 bridgehead atoms. The quantitative estimate of drug-likeness (QED) is 0.714. The van der Waals surface area contributed by atoms with Crippen LogP contribution in [0.15, 0.2) is 0 Å². The number of hydrogen-bond donors (Lipinski definition) is 1. The van der Waals surface area contributed by atoms with Crippen LogP contribution < -0.4 is 5.32 Å². The Hall–Kier alpha value is -0.190. The van der Waals surface area contributed by atoms with E-state index in [9.17, 15) is 4.39 Å². The van der Waals surface area contributed by atoms with Crippen molar-refractivity contribution in [1.82, 2.24) is 10.2 Å². The van der Waals surface area contributed by atoms with Gasteiger partial charge < -0.3 is 10.1 Å². The molecule has 2 unspecified atom stereocenters. The van der Waals surface area contributed by atoms with Gasteiger partial charge in [0.1, 0.15) is 6.17 Å². The van der Waals surface area contributed by atoms with E-state index in [1.165, 1.54) is 0 Å². The van der Waals surface area contributed by atoms with Crippen molar-refractivity contribution in [1.29, 1.82) is 0 Å². The van der Waals surface area contributed by atoms with E-state index in [1.807, 2.05) is 0 Å². The highest BCUT2D eigenvalue weighted by Crippen LogP contribution is 2.22. The Morgan fingerprint density at radius 3 is 2.64 bits per heavy atom. The van der Waals surface area contributed by atoms with Crippen molar-refractivity contribution in [2.24, 2.45) is 0 Å². The van der Waals surface area contributed by atoms with E-state index in [1.54, 1.807) is 0 Å². The van der Waals surface area contributed by atoms with E-state index in [0.717, 1.165) is 52.2 Å². The van der Waals surface area contributed by atoms with Crippen LogP contribution >= 0.6 is 0 Å². The lowest BCUT2D eigenvalue weighted by Crippen LogP contribution is -2.49. The molecule has 4 heteroatoms. The molecule has 82 valence electrons. The first-order valence-corrected chi connectivity index (χ1v) is 5.54. The van der Waals surface area contributed by atoms with Crippen molar-refractivity contribution in [2.75, 3.05) is 39.4 Å². The van der Waals surface area contributed by atoms with Crippen LogP contribution in [0.5, 0.6) is 0 Å². The summed E-state index contributed by atoms with van der Waals surface area (Å²) >= 11 is 0. The summed E-state index contributed by atoms with van der Waals surface area (Å²) in [5.41, 5.74) is 0. The predicted molar refractivity (Wildman–Crippen MR) is 53.2 cm³/mol. The minimum atomic E-state index is -0.598. The van der Waals surface area contributed by atoms with Crippen LogP contribution in [0.3, 0.4) is 0 Å². The molecule has 2 fully saturated rings. The Balaban J connectivity index is 1.53. The van der Waals surface area contributed by atoms with Crippen LogP contribution in [0.25, 0.3) is 0 Å². The van der Waals surface area contributed by atoms with Crippen molar-refractivity contribution in [3.05, 3.63) is 0 Å². The molecule has 1 aliphatic carbocycles. The van der Waals surface area contributed by atoms with Gasteiger partial charge in [0.05, 0.1) is 13.2 Å². The lowest BCUT2D eigenvalue weighted by Gasteiger charge is -2.33. The molecule has 0 amide bonds. The van der Waals surface area contributed by atoms with Gasteiger partial charge in [-0.15, -0.1) is 0 Å². The van der Waals surface area contributed by atoms with Crippen LogP contribution in [-0.4, -0.2) is 56.5 Å². The van der Waals surface area contributed by atoms with Gasteiger partial charge >= 0.3 is 0 Å². The van der Waals surface area contributed by atoms with E-state index in [0.29, 0.717) is 0 Å². The zero-order valence-electron chi connectivity index (χ0n) is 8.54. The molecule has 0 aromatic heterocycles. The number of rotatable bonds is 4. The Morgan fingerprint density at radius 1 is 1.29 bits per heavy atom. The van der Waals surface area contributed by atoms with Gasteiger partial charge in [-0.05, 0) is 12.8 Å². The lowest BCUT2D eigenvalue weighted by molar-refractivity contribution is 0.0366. The minimum absolute atomic E-state index is 0.135. The highest BCUT2D eigenvalue weighted by molar-refractivity contribution is 4.86. The van der Waals surface area contributed by atoms with Gasteiger partial charge in [0.15, 0.2) is 0 Å². The molecule has 0 aromatic carbocycles. The molecule has 1 heterocycles. The Labute approximate surface area is 84.6 Å². The van der Waals surface area contributed by atoms with Crippen molar-refractivity contribution in [2.45, 2.75) is 25.1 Å². The van der Waals surface area contributed by atoms with E-state index in [2.05, 4.69) is 10.2 Å². The number of nitrogens with one attached hydrogen (secondary N) is 1. The molecular weight excluding hydrogens is 183 g/mol. The monoisotopic (exact) mass is 202 g/mol. The summed E-state index contributed by atoms with van der Waals surface area (Å²) in [6, 6.07) is 0.135. The van der Waals surface area contributed by atoms with Crippen LogP contribution in [0.1, 0.15) is 12.8 Å². The second kappa shape index (κ2) is 5.05. The molecule has 1 N–H and O–H groups in total. The predicted octanol–water partition coefficient (Wildman–Crippen LogP) is 0.409. The van der Waals surface area contributed by atoms with Gasteiger partial charge in [0.2, 0.25) is 0 Å². The number of halogens is 1. The van der Waals surface area contributed by atoms with Crippen molar-refractivity contribution in [3.8, 4) is 0 Å². The number of nitrogens with zero attached hydrogens (tertiary/aromatic N) is 1. The molecule has 2 aliphatic rings. The molecule has 3 nitrogen and oxygen atoms in total. The molecule has 0 radical (unpaired) electrons. The number of morpholine rings is 1. The summed E-state index contributed by atoms with van der Waals surface area (Å²) in [5.74, 6) is 0. The largest absolute Gasteiger partial charge is 0.379 e. The van der Waals surface area contributed by atoms with E-state index in [4.69, 9.17) is 4.74 Å². The minimum Gasteiger partial charge on any atom is -0.379 e. The van der Waals surface area contributed by atoms with Crippen molar-refractivity contribution >= 4 is 0 Å². The molecule has 1 saturated carbocycles. The molecule has 0 aromatic rings. The van der Waals surface area contributed by atoms with Crippen LogP contribution in [-0.2, 0) is 4.74 Å². The van der Waals surface area contributed by atoms with Gasteiger partial charge in [-0.2, -0.15) is 0 Å². The fraction of sp³-hybridized carbons (Fsp3) is 1.00. The summed E-state index contributed by atoms with van der Waals surface area (Å²) in [7, 11) is 0. The van der Waals surface area contributed by atoms with Gasteiger partial charge in [-0.1, -0.05) is 0 Å². The van der Waals surface area contributed by atoms with Crippen molar-refractivity contribution < 1.29 is 9.13 Å². The molecule has 2 rings (SSSR count). The lowest BCUT2D eigenvalue weighted by atomic mass is 9.91. The third kappa shape index (κ3) is 2.65. The number of ether oxygens (including phenoxy) is 1. The number of hydrogen-bond acceptors (Lipinski definition) is 3. The van der Waals surface area contributed by atoms with Crippen LogP contribution in [0.4, 0.5) is 4.39 Å². The summed E-state index contributed by atoms with van der Waals surface area (Å²) in [6.07, 6.45) is 1.15. The first-order valence-electron chi connectivity index (χ1n) is 5.54. The Morgan fingerprint density at radius 2 is 2.07 bits per heavy atom. The molecule has 1 aliphatic heterocycles. The summed E-state index contributed by atoms with van der Waals surface area (Å²) in [5, 5.41) is 3.26. The van der Waals surface area contributed by atoms with E-state index in [-0.39, 0.29) is 6.04 Å². The summed E-state index contributed by atoms with van der Waals surface area (Å²) < 4.78 is 18.1. The van der Waals surface area contributed by atoms with Gasteiger partial charge in [0, 0.05) is 32.2 Å². The highest BCUT2D eigenvalue weighted by Gasteiger charge is 2.29. The fourth-order valence-corrected chi connectivity index (χ4v) is 1.92. The zero-order valence-corrected chi connectivity index (χ0v) is 8.54. The molecule has 2 atom stereocenters.